The molecule has 0 aromatic carbocycles. The Labute approximate surface area is 118 Å². The molecule has 0 saturated heterocycles. The standard InChI is InChI=1S/C11H15BrN2O3S/c1-2-7(10(15)16)5-13-11(17)14-6-9-8(12)3-4-18-9/h3-4,7H,2,5-6H2,1H3,(H,15,16)(H2,13,14,17). The van der Waals surface area contributed by atoms with E-state index >= 15 is 0 Å². The summed E-state index contributed by atoms with van der Waals surface area (Å²) >= 11 is 4.91. The minimum atomic E-state index is -0.890. The number of aliphatic carboxylic acids is 1. The van der Waals surface area contributed by atoms with E-state index in [1.54, 1.807) is 18.3 Å². The third-order valence-corrected chi connectivity index (χ3v) is 4.38. The van der Waals surface area contributed by atoms with E-state index < -0.39 is 11.9 Å². The van der Waals surface area contributed by atoms with Crippen LogP contribution in [0.2, 0.25) is 0 Å². The lowest BCUT2D eigenvalue weighted by atomic mass is 10.1. The van der Waals surface area contributed by atoms with E-state index in [4.69, 9.17) is 5.11 Å². The summed E-state index contributed by atoms with van der Waals surface area (Å²) in [6.45, 7) is 2.35. The van der Waals surface area contributed by atoms with Crippen molar-refractivity contribution in [2.24, 2.45) is 5.92 Å². The molecule has 0 fully saturated rings. The second-order valence-corrected chi connectivity index (χ2v) is 5.55. The summed E-state index contributed by atoms with van der Waals surface area (Å²) < 4.78 is 0.963. The largest absolute Gasteiger partial charge is 0.481 e. The number of carbonyl (C=O) groups is 2. The Kier molecular flexibility index (Phi) is 6.14. The lowest BCUT2D eigenvalue weighted by molar-refractivity contribution is -0.141. The Hall–Kier alpha value is -1.08. The van der Waals surface area contributed by atoms with Gasteiger partial charge < -0.3 is 15.7 Å². The molecule has 0 aliphatic rings. The maximum absolute atomic E-state index is 11.5. The molecule has 3 N–H and O–H groups in total. The molecule has 5 nitrogen and oxygen atoms in total. The second kappa shape index (κ2) is 7.38. The molecule has 1 atom stereocenters. The molecule has 100 valence electrons. The normalized spacial score (nSPS) is 11.9. The van der Waals surface area contributed by atoms with Crippen molar-refractivity contribution in [1.29, 1.82) is 0 Å². The summed E-state index contributed by atoms with van der Waals surface area (Å²) in [5.41, 5.74) is 0. The van der Waals surface area contributed by atoms with E-state index in [1.807, 2.05) is 11.4 Å². The summed E-state index contributed by atoms with van der Waals surface area (Å²) in [5, 5.41) is 16.0. The number of hydrogen-bond donors (Lipinski definition) is 3. The van der Waals surface area contributed by atoms with Crippen LogP contribution in [0.25, 0.3) is 0 Å². The van der Waals surface area contributed by atoms with Crippen molar-refractivity contribution in [3.8, 4) is 0 Å². The van der Waals surface area contributed by atoms with Crippen molar-refractivity contribution in [1.82, 2.24) is 10.6 Å². The first-order valence-corrected chi connectivity index (χ1v) is 7.18. The van der Waals surface area contributed by atoms with Gasteiger partial charge in [-0.1, -0.05) is 6.92 Å². The fourth-order valence-electron chi connectivity index (χ4n) is 1.30. The molecular formula is C11H15BrN2O3S. The maximum Gasteiger partial charge on any atom is 0.315 e. The van der Waals surface area contributed by atoms with E-state index in [2.05, 4.69) is 26.6 Å². The Morgan fingerprint density at radius 1 is 1.50 bits per heavy atom. The van der Waals surface area contributed by atoms with Crippen LogP contribution in [-0.4, -0.2) is 23.7 Å². The molecule has 0 saturated carbocycles. The number of carboxylic acids is 1. The Balaban J connectivity index is 2.30. The van der Waals surface area contributed by atoms with E-state index in [0.717, 1.165) is 9.35 Å². The molecule has 0 aliphatic carbocycles. The van der Waals surface area contributed by atoms with E-state index in [1.165, 1.54) is 0 Å². The van der Waals surface area contributed by atoms with Gasteiger partial charge in [0.2, 0.25) is 0 Å². The molecule has 2 amide bonds. The minimum absolute atomic E-state index is 0.142. The lowest BCUT2D eigenvalue weighted by Gasteiger charge is -2.11. The number of rotatable bonds is 6. The van der Waals surface area contributed by atoms with Gasteiger partial charge in [0.25, 0.3) is 0 Å². The van der Waals surface area contributed by atoms with Gasteiger partial charge in [-0.2, -0.15) is 0 Å². The summed E-state index contributed by atoms with van der Waals surface area (Å²) in [5.74, 6) is -1.43. The fraction of sp³-hybridized carbons (Fsp3) is 0.455. The predicted octanol–water partition coefficient (Wildman–Crippen LogP) is 2.42. The average molecular weight is 335 g/mol. The number of carbonyl (C=O) groups excluding carboxylic acids is 1. The number of thiophene rings is 1. The van der Waals surface area contributed by atoms with Crippen molar-refractivity contribution >= 4 is 39.3 Å². The predicted molar refractivity (Wildman–Crippen MR) is 73.7 cm³/mol. The van der Waals surface area contributed by atoms with Crippen LogP contribution in [0, 0.1) is 5.92 Å². The number of carboxylic acid groups (broad SMARTS) is 1. The number of urea groups is 1. The molecule has 7 heteroatoms. The molecule has 1 unspecified atom stereocenters. The number of hydrogen-bond acceptors (Lipinski definition) is 3. The topological polar surface area (TPSA) is 78.4 Å². The van der Waals surface area contributed by atoms with Crippen LogP contribution >= 0.6 is 27.3 Å². The number of amides is 2. The van der Waals surface area contributed by atoms with Crippen LogP contribution in [-0.2, 0) is 11.3 Å². The molecule has 0 bridgehead atoms. The third-order valence-electron chi connectivity index (χ3n) is 2.45. The SMILES string of the molecule is CCC(CNC(=O)NCc1sccc1Br)C(=O)O. The second-order valence-electron chi connectivity index (χ2n) is 3.70. The zero-order valence-electron chi connectivity index (χ0n) is 9.90. The number of nitrogens with one attached hydrogen (secondary N) is 2. The molecule has 0 aliphatic heterocycles. The van der Waals surface area contributed by atoms with Crippen LogP contribution < -0.4 is 10.6 Å². The zero-order chi connectivity index (χ0) is 13.5. The zero-order valence-corrected chi connectivity index (χ0v) is 12.3. The van der Waals surface area contributed by atoms with Gasteiger partial charge in [-0.3, -0.25) is 4.79 Å². The molecule has 1 rings (SSSR count). The number of halogens is 1. The van der Waals surface area contributed by atoms with Gasteiger partial charge in [0.15, 0.2) is 0 Å². The van der Waals surface area contributed by atoms with E-state index in [-0.39, 0.29) is 12.6 Å². The first-order chi connectivity index (χ1) is 8.54. The van der Waals surface area contributed by atoms with Gasteiger partial charge in [0, 0.05) is 15.9 Å². The van der Waals surface area contributed by atoms with Crippen molar-refractivity contribution in [2.75, 3.05) is 6.54 Å². The van der Waals surface area contributed by atoms with Gasteiger partial charge in [0.05, 0.1) is 12.5 Å². The molecule has 0 radical (unpaired) electrons. The fourth-order valence-corrected chi connectivity index (χ4v) is 2.73. The van der Waals surface area contributed by atoms with Gasteiger partial charge >= 0.3 is 12.0 Å². The maximum atomic E-state index is 11.5. The lowest BCUT2D eigenvalue weighted by Crippen LogP contribution is -2.39. The van der Waals surface area contributed by atoms with Crippen LogP contribution in [0.3, 0.4) is 0 Å². The molecule has 1 heterocycles. The van der Waals surface area contributed by atoms with Gasteiger partial charge in [-0.05, 0) is 33.8 Å². The van der Waals surface area contributed by atoms with Crippen LogP contribution in [0.1, 0.15) is 18.2 Å². The highest BCUT2D eigenvalue weighted by atomic mass is 79.9. The van der Waals surface area contributed by atoms with Gasteiger partial charge in [-0.15, -0.1) is 11.3 Å². The van der Waals surface area contributed by atoms with E-state index in [0.29, 0.717) is 13.0 Å². The quantitative estimate of drug-likeness (QED) is 0.747. The average Bonchev–Trinajstić information content (AvgIpc) is 2.72. The molecule has 18 heavy (non-hydrogen) atoms. The Morgan fingerprint density at radius 3 is 2.72 bits per heavy atom. The van der Waals surface area contributed by atoms with Crippen molar-refractivity contribution < 1.29 is 14.7 Å². The monoisotopic (exact) mass is 334 g/mol. The van der Waals surface area contributed by atoms with Crippen molar-refractivity contribution in [3.63, 3.8) is 0 Å². The Bertz CT molecular complexity index is 422. The summed E-state index contributed by atoms with van der Waals surface area (Å²) in [6.07, 6.45) is 0.492. The first kappa shape index (κ1) is 15.0. The summed E-state index contributed by atoms with van der Waals surface area (Å²) in [7, 11) is 0. The smallest absolute Gasteiger partial charge is 0.315 e. The molecule has 1 aromatic heterocycles. The first-order valence-electron chi connectivity index (χ1n) is 5.51. The van der Waals surface area contributed by atoms with E-state index in [9.17, 15) is 9.59 Å². The van der Waals surface area contributed by atoms with Crippen LogP contribution in [0.4, 0.5) is 4.79 Å². The van der Waals surface area contributed by atoms with Gasteiger partial charge in [0.1, 0.15) is 0 Å². The highest BCUT2D eigenvalue weighted by Gasteiger charge is 2.15. The Morgan fingerprint density at radius 2 is 2.22 bits per heavy atom. The molecular weight excluding hydrogens is 320 g/mol. The van der Waals surface area contributed by atoms with Crippen molar-refractivity contribution in [2.45, 2.75) is 19.9 Å². The van der Waals surface area contributed by atoms with Crippen molar-refractivity contribution in [3.05, 3.63) is 20.8 Å². The highest BCUT2D eigenvalue weighted by Crippen LogP contribution is 2.21. The molecule has 1 aromatic rings. The highest BCUT2D eigenvalue weighted by molar-refractivity contribution is 9.10. The minimum Gasteiger partial charge on any atom is -0.481 e. The third kappa shape index (κ3) is 4.66. The van der Waals surface area contributed by atoms with Crippen LogP contribution in [0.5, 0.6) is 0 Å². The molecule has 0 spiro atoms. The summed E-state index contributed by atoms with van der Waals surface area (Å²) in [6, 6.07) is 1.56. The van der Waals surface area contributed by atoms with Gasteiger partial charge in [-0.25, -0.2) is 4.79 Å². The van der Waals surface area contributed by atoms with Crippen LogP contribution in [0.15, 0.2) is 15.9 Å². The summed E-state index contributed by atoms with van der Waals surface area (Å²) in [4.78, 5) is 23.2.